The zero-order valence-electron chi connectivity index (χ0n) is 8.62. The van der Waals surface area contributed by atoms with Crippen LogP contribution in [-0.2, 0) is 0 Å². The first kappa shape index (κ1) is 9.92. The molecule has 2 rings (SSSR count). The lowest BCUT2D eigenvalue weighted by Crippen LogP contribution is -1.81. The molecule has 0 saturated carbocycles. The molecule has 1 aliphatic rings. The van der Waals surface area contributed by atoms with Gasteiger partial charge in [0.1, 0.15) is 0 Å². The number of rotatable bonds is 0. The normalized spacial score (nSPS) is 15.2. The third-order valence-corrected chi connectivity index (χ3v) is 1.92. The molecule has 0 aliphatic heterocycles. The first-order valence-electron chi connectivity index (χ1n) is 4.90. The Bertz CT molecular complexity index is 569. The molecule has 1 aromatic rings. The zero-order chi connectivity index (χ0) is 11.1. The van der Waals surface area contributed by atoms with Crippen LogP contribution in [0.25, 0.3) is 0 Å². The molecule has 1 aromatic carbocycles. The summed E-state index contributed by atoms with van der Waals surface area (Å²) < 4.78 is 0. The van der Waals surface area contributed by atoms with Gasteiger partial charge in [-0.3, -0.25) is 0 Å². The Morgan fingerprint density at radius 2 is 1.00 bits per heavy atom. The summed E-state index contributed by atoms with van der Waals surface area (Å²) in [5.41, 5.74) is 1.89. The lowest BCUT2D eigenvalue weighted by atomic mass is 10.1. The summed E-state index contributed by atoms with van der Waals surface area (Å²) in [6.07, 6.45) is 6.95. The Kier molecular flexibility index (Phi) is 3.29. The van der Waals surface area contributed by atoms with Crippen molar-refractivity contribution in [2.24, 2.45) is 0 Å². The van der Waals surface area contributed by atoms with Crippen molar-refractivity contribution < 1.29 is 0 Å². The maximum absolute atomic E-state index is 3.05. The van der Waals surface area contributed by atoms with Gasteiger partial charge in [0, 0.05) is 11.1 Å². The van der Waals surface area contributed by atoms with Gasteiger partial charge < -0.3 is 0 Å². The quantitative estimate of drug-likeness (QED) is 0.564. The summed E-state index contributed by atoms with van der Waals surface area (Å²) in [6.45, 7) is 0. The van der Waals surface area contributed by atoms with Crippen molar-refractivity contribution in [2.75, 3.05) is 0 Å². The Morgan fingerprint density at radius 1 is 0.562 bits per heavy atom. The summed E-state index contributed by atoms with van der Waals surface area (Å²) in [6, 6.07) is 7.85. The summed E-state index contributed by atoms with van der Waals surface area (Å²) in [4.78, 5) is 0. The van der Waals surface area contributed by atoms with Crippen LogP contribution < -0.4 is 0 Å². The molecule has 0 radical (unpaired) electrons. The summed E-state index contributed by atoms with van der Waals surface area (Å²) in [7, 11) is 0. The molecular weight excluding hydrogens is 192 g/mol. The largest absolute Gasteiger partial charge is 0.0696 e. The number of fused-ring (bicyclic) bond motifs is 1. The van der Waals surface area contributed by atoms with E-state index in [9.17, 15) is 0 Å². The van der Waals surface area contributed by atoms with Crippen LogP contribution in [0.1, 0.15) is 11.1 Å². The fourth-order valence-corrected chi connectivity index (χ4v) is 1.20. The average molecular weight is 200 g/mol. The molecule has 0 heteroatoms. The van der Waals surface area contributed by atoms with Crippen LogP contribution in [0.4, 0.5) is 0 Å². The van der Waals surface area contributed by atoms with Crippen LogP contribution in [0.3, 0.4) is 0 Å². The van der Waals surface area contributed by atoms with Crippen LogP contribution in [0.15, 0.2) is 48.6 Å². The molecule has 0 unspecified atom stereocenters. The van der Waals surface area contributed by atoms with Gasteiger partial charge in [-0.25, -0.2) is 0 Å². The molecular formula is C16H8. The Balaban J connectivity index is 2.51. The molecule has 0 fully saturated rings. The van der Waals surface area contributed by atoms with E-state index < -0.39 is 0 Å². The highest BCUT2D eigenvalue weighted by Crippen LogP contribution is 2.05. The second-order valence-electron chi connectivity index (χ2n) is 3.04. The van der Waals surface area contributed by atoms with E-state index in [1.165, 1.54) is 0 Å². The topological polar surface area (TPSA) is 0 Å². The van der Waals surface area contributed by atoms with Crippen LogP contribution in [0, 0.1) is 35.5 Å². The van der Waals surface area contributed by atoms with Crippen molar-refractivity contribution in [3.05, 3.63) is 59.7 Å². The highest BCUT2D eigenvalue weighted by Gasteiger charge is 1.92. The molecule has 0 nitrogen and oxygen atoms in total. The van der Waals surface area contributed by atoms with E-state index in [0.29, 0.717) is 0 Å². The van der Waals surface area contributed by atoms with Gasteiger partial charge in [-0.05, 0) is 36.4 Å². The minimum atomic E-state index is 0.946. The Labute approximate surface area is 95.7 Å². The van der Waals surface area contributed by atoms with Gasteiger partial charge in [0.2, 0.25) is 0 Å². The fraction of sp³-hybridized carbons (Fsp3) is 0. The van der Waals surface area contributed by atoms with Crippen LogP contribution >= 0.6 is 0 Å². The third kappa shape index (κ3) is 2.68. The van der Waals surface area contributed by atoms with E-state index in [0.717, 1.165) is 11.1 Å². The van der Waals surface area contributed by atoms with Crippen molar-refractivity contribution in [3.8, 4) is 35.5 Å². The van der Waals surface area contributed by atoms with Crippen LogP contribution in [0.5, 0.6) is 0 Å². The molecule has 72 valence electrons. The molecule has 0 N–H and O–H groups in total. The smallest absolute Gasteiger partial charge is 0.0405 e. The van der Waals surface area contributed by atoms with Gasteiger partial charge >= 0.3 is 0 Å². The monoisotopic (exact) mass is 200 g/mol. The molecule has 16 heavy (non-hydrogen) atoms. The minimum absolute atomic E-state index is 0.946. The molecule has 1 aliphatic carbocycles. The van der Waals surface area contributed by atoms with Gasteiger partial charge in [-0.15, -0.1) is 0 Å². The second-order valence-corrected chi connectivity index (χ2v) is 3.04. The lowest BCUT2D eigenvalue weighted by Gasteiger charge is -1.93. The molecule has 0 bridgehead atoms. The van der Waals surface area contributed by atoms with Gasteiger partial charge in [-0.1, -0.05) is 47.7 Å². The van der Waals surface area contributed by atoms with E-state index >= 15 is 0 Å². The van der Waals surface area contributed by atoms with Crippen LogP contribution in [-0.4, -0.2) is 0 Å². The predicted molar refractivity (Wildman–Crippen MR) is 66.3 cm³/mol. The van der Waals surface area contributed by atoms with Gasteiger partial charge in [0.15, 0.2) is 0 Å². The van der Waals surface area contributed by atoms with E-state index in [4.69, 9.17) is 0 Å². The van der Waals surface area contributed by atoms with Crippen molar-refractivity contribution >= 4 is 0 Å². The van der Waals surface area contributed by atoms with Gasteiger partial charge in [-0.2, -0.15) is 0 Å². The molecule has 0 heterocycles. The van der Waals surface area contributed by atoms with Gasteiger partial charge in [0.05, 0.1) is 0 Å². The SMILES string of the molecule is C1#C/C=C\C#Cc2ccccc2C#C/C=C\1. The molecule has 0 amide bonds. The lowest BCUT2D eigenvalue weighted by molar-refractivity contribution is 1.59. The first-order valence-corrected chi connectivity index (χ1v) is 4.90. The summed E-state index contributed by atoms with van der Waals surface area (Å²) in [5, 5.41) is 0. The maximum Gasteiger partial charge on any atom is 0.0405 e. The second kappa shape index (κ2) is 5.31. The van der Waals surface area contributed by atoms with Crippen molar-refractivity contribution in [3.63, 3.8) is 0 Å². The number of hydrogen-bond donors (Lipinski definition) is 0. The van der Waals surface area contributed by atoms with Crippen molar-refractivity contribution in [1.29, 1.82) is 0 Å². The number of allylic oxidation sites excluding steroid dienone is 4. The molecule has 0 atom stereocenters. The number of benzene rings is 1. The van der Waals surface area contributed by atoms with E-state index in [1.54, 1.807) is 24.3 Å². The number of hydrogen-bond acceptors (Lipinski definition) is 0. The average Bonchev–Trinajstić information content (AvgIpc) is 2.30. The zero-order valence-corrected chi connectivity index (χ0v) is 8.62. The summed E-state index contributed by atoms with van der Waals surface area (Å²) >= 11 is 0. The predicted octanol–water partition coefficient (Wildman–Crippen LogP) is 2.52. The maximum atomic E-state index is 3.05. The van der Waals surface area contributed by atoms with E-state index in [2.05, 4.69) is 35.5 Å². The standard InChI is InChI=1S/C16H8/c1-2-4-6-8-12-16-14-10-9-13-15(16)11-7-5-3-1/h3-6,9-10,13-14H/b5-3-,6-4-. The fourth-order valence-electron chi connectivity index (χ4n) is 1.20. The molecule has 0 aromatic heterocycles. The first-order chi connectivity index (χ1) is 7.97. The molecule has 0 saturated heterocycles. The van der Waals surface area contributed by atoms with Crippen molar-refractivity contribution in [2.45, 2.75) is 0 Å². The van der Waals surface area contributed by atoms with Crippen LogP contribution in [0.2, 0.25) is 0 Å². The van der Waals surface area contributed by atoms with E-state index in [-0.39, 0.29) is 0 Å². The van der Waals surface area contributed by atoms with E-state index in [1.807, 2.05) is 24.3 Å². The summed E-state index contributed by atoms with van der Waals surface area (Å²) in [5.74, 6) is 17.6. The third-order valence-electron chi connectivity index (χ3n) is 1.92. The molecule has 0 spiro atoms. The van der Waals surface area contributed by atoms with Crippen molar-refractivity contribution in [1.82, 2.24) is 0 Å². The Morgan fingerprint density at radius 3 is 1.50 bits per heavy atom. The van der Waals surface area contributed by atoms with Gasteiger partial charge in [0.25, 0.3) is 0 Å². The highest BCUT2D eigenvalue weighted by molar-refractivity contribution is 5.52. The highest BCUT2D eigenvalue weighted by atomic mass is 13.9. The Hall–Kier alpha value is -2.62. The minimum Gasteiger partial charge on any atom is -0.0696 e.